The van der Waals surface area contributed by atoms with E-state index in [1.54, 1.807) is 24.3 Å². The molecule has 0 amide bonds. The Morgan fingerprint density at radius 1 is 1.16 bits per heavy atom. The van der Waals surface area contributed by atoms with Gasteiger partial charge in [-0.25, -0.2) is 4.98 Å². The minimum Gasteiger partial charge on any atom is -0.394 e. The van der Waals surface area contributed by atoms with Crippen LogP contribution in [-0.4, -0.2) is 21.3 Å². The predicted octanol–water partition coefficient (Wildman–Crippen LogP) is 3.36. The van der Waals surface area contributed by atoms with Crippen molar-refractivity contribution >= 4 is 11.0 Å². The highest BCUT2D eigenvalue weighted by Crippen LogP contribution is 2.37. The maximum absolute atomic E-state index is 13.6. The topological polar surface area (TPSA) is 50.1 Å². The molecule has 2 N–H and O–H groups in total. The number of halogens is 2. The Bertz CT molecular complexity index is 909. The van der Waals surface area contributed by atoms with Crippen LogP contribution in [0.4, 0.5) is 8.78 Å². The summed E-state index contributed by atoms with van der Waals surface area (Å²) < 4.78 is 28.1. The molecule has 0 saturated heterocycles. The summed E-state index contributed by atoms with van der Waals surface area (Å²) in [6.45, 7) is -2.59. The van der Waals surface area contributed by atoms with Crippen LogP contribution in [0.15, 0.2) is 48.5 Å². The van der Waals surface area contributed by atoms with Crippen molar-refractivity contribution < 1.29 is 13.9 Å². The lowest BCUT2D eigenvalue weighted by Gasteiger charge is -2.29. The number of hydrogen-bond acceptors (Lipinski definition) is 3. The molecule has 130 valence electrons. The molecule has 1 heterocycles. The summed E-state index contributed by atoms with van der Waals surface area (Å²) >= 11 is 0. The van der Waals surface area contributed by atoms with E-state index in [9.17, 15) is 13.9 Å². The van der Waals surface area contributed by atoms with Crippen molar-refractivity contribution in [1.82, 2.24) is 14.9 Å². The Morgan fingerprint density at radius 3 is 2.72 bits per heavy atom. The average Bonchev–Trinajstić information content (AvgIpc) is 3.19. The number of rotatable bonds is 5. The van der Waals surface area contributed by atoms with Gasteiger partial charge in [-0.1, -0.05) is 36.4 Å². The van der Waals surface area contributed by atoms with Crippen LogP contribution < -0.4 is 5.32 Å². The molecule has 1 aliphatic carbocycles. The molecule has 4 rings (SSSR count). The molecular formula is C19H19F2N3O. The number of hydrogen-bond donors (Lipinski definition) is 2. The van der Waals surface area contributed by atoms with Gasteiger partial charge < -0.3 is 5.11 Å². The fraction of sp³-hybridized carbons (Fsp3) is 0.316. The second kappa shape index (κ2) is 6.20. The summed E-state index contributed by atoms with van der Waals surface area (Å²) in [5.74, 6) is 0.272. The van der Waals surface area contributed by atoms with E-state index in [0.29, 0.717) is 11.0 Å². The second-order valence-corrected chi connectivity index (χ2v) is 6.42. The van der Waals surface area contributed by atoms with Gasteiger partial charge in [-0.2, -0.15) is 8.78 Å². The summed E-state index contributed by atoms with van der Waals surface area (Å²) in [5, 5.41) is 13.3. The van der Waals surface area contributed by atoms with E-state index in [2.05, 4.69) is 10.3 Å². The lowest BCUT2D eigenvalue weighted by atomic mass is 9.92. The second-order valence-electron chi connectivity index (χ2n) is 6.42. The number of nitrogens with one attached hydrogen (secondary N) is 1. The number of aliphatic hydroxyl groups is 1. The van der Waals surface area contributed by atoms with Crippen molar-refractivity contribution in [2.75, 3.05) is 6.61 Å². The van der Waals surface area contributed by atoms with Crippen LogP contribution in [0.2, 0.25) is 0 Å². The quantitative estimate of drug-likeness (QED) is 0.747. The van der Waals surface area contributed by atoms with Crippen molar-refractivity contribution in [3.63, 3.8) is 0 Å². The summed E-state index contributed by atoms with van der Waals surface area (Å²) in [6.07, 6.45) is 1.59. The Hall–Kier alpha value is -2.31. The van der Waals surface area contributed by atoms with Gasteiger partial charge in [-0.3, -0.25) is 9.88 Å². The van der Waals surface area contributed by atoms with Crippen LogP contribution in [0.3, 0.4) is 0 Å². The first-order chi connectivity index (χ1) is 12.1. The number of aromatic nitrogens is 2. The van der Waals surface area contributed by atoms with E-state index in [-0.39, 0.29) is 19.0 Å². The minimum atomic E-state index is -2.66. The van der Waals surface area contributed by atoms with Gasteiger partial charge in [0.05, 0.1) is 29.7 Å². The first kappa shape index (κ1) is 16.2. The molecule has 1 atom stereocenters. The summed E-state index contributed by atoms with van der Waals surface area (Å²) in [7, 11) is 0. The van der Waals surface area contributed by atoms with Crippen molar-refractivity contribution in [3.8, 4) is 0 Å². The third kappa shape index (κ3) is 2.62. The molecule has 0 spiro atoms. The van der Waals surface area contributed by atoms with Gasteiger partial charge in [0, 0.05) is 0 Å². The molecular weight excluding hydrogens is 324 g/mol. The van der Waals surface area contributed by atoms with Gasteiger partial charge in [0.25, 0.3) is 0 Å². The molecule has 6 heteroatoms. The molecule has 0 bridgehead atoms. The van der Waals surface area contributed by atoms with Crippen LogP contribution in [-0.2, 0) is 18.5 Å². The van der Waals surface area contributed by atoms with Crippen molar-refractivity contribution in [1.29, 1.82) is 0 Å². The molecule has 0 aliphatic heterocycles. The van der Waals surface area contributed by atoms with E-state index in [1.807, 2.05) is 24.3 Å². The first-order valence-corrected chi connectivity index (χ1v) is 8.33. The molecule has 4 nitrogen and oxygen atoms in total. The molecule has 0 saturated carbocycles. The molecule has 3 aromatic rings. The van der Waals surface area contributed by atoms with E-state index in [4.69, 9.17) is 0 Å². The zero-order valence-electron chi connectivity index (χ0n) is 13.6. The van der Waals surface area contributed by atoms with Gasteiger partial charge >= 0.3 is 6.55 Å². The summed E-state index contributed by atoms with van der Waals surface area (Å²) in [6, 6.07) is 14.8. The molecule has 0 radical (unpaired) electrons. The van der Waals surface area contributed by atoms with Gasteiger partial charge in [0.2, 0.25) is 0 Å². The predicted molar refractivity (Wildman–Crippen MR) is 91.4 cm³/mol. The maximum Gasteiger partial charge on any atom is 0.320 e. The molecule has 1 unspecified atom stereocenters. The Morgan fingerprint density at radius 2 is 1.92 bits per heavy atom. The Balaban J connectivity index is 1.67. The number of aryl methyl sites for hydroxylation is 1. The number of imidazole rings is 1. The fourth-order valence-electron chi connectivity index (χ4n) is 3.78. The Kier molecular flexibility index (Phi) is 4.01. The Labute approximate surface area is 144 Å². The van der Waals surface area contributed by atoms with Crippen molar-refractivity contribution in [2.24, 2.45) is 0 Å². The van der Waals surface area contributed by atoms with Crippen LogP contribution in [0.1, 0.15) is 29.9 Å². The highest BCUT2D eigenvalue weighted by molar-refractivity contribution is 5.76. The van der Waals surface area contributed by atoms with Crippen molar-refractivity contribution in [2.45, 2.75) is 31.5 Å². The number of fused-ring (bicyclic) bond motifs is 2. The lowest BCUT2D eigenvalue weighted by Crippen LogP contribution is -2.43. The monoisotopic (exact) mass is 343 g/mol. The molecule has 0 fully saturated rings. The molecule has 2 aromatic carbocycles. The standard InChI is InChI=1S/C19H19F2N3O/c20-18(21)24-16-8-4-3-7-15(16)23-17(24)11-22-19(12-25)10-9-13-5-1-2-6-14(13)19/h1-8,18,22,25H,9-12H2. The largest absolute Gasteiger partial charge is 0.394 e. The van der Waals surface area contributed by atoms with E-state index < -0.39 is 12.1 Å². The first-order valence-electron chi connectivity index (χ1n) is 8.33. The summed E-state index contributed by atoms with van der Waals surface area (Å²) in [4.78, 5) is 4.36. The van der Waals surface area contributed by atoms with E-state index in [1.165, 1.54) is 5.56 Å². The molecule has 1 aromatic heterocycles. The van der Waals surface area contributed by atoms with Gasteiger partial charge in [0.15, 0.2) is 0 Å². The zero-order valence-corrected chi connectivity index (χ0v) is 13.6. The third-order valence-electron chi connectivity index (χ3n) is 5.07. The van der Waals surface area contributed by atoms with Gasteiger partial charge in [0.1, 0.15) is 5.82 Å². The van der Waals surface area contributed by atoms with Crippen LogP contribution in [0, 0.1) is 0 Å². The number of nitrogens with zero attached hydrogens (tertiary/aromatic N) is 2. The summed E-state index contributed by atoms with van der Waals surface area (Å²) in [5.41, 5.74) is 2.58. The average molecular weight is 343 g/mol. The maximum atomic E-state index is 13.6. The van der Waals surface area contributed by atoms with Crippen LogP contribution in [0.25, 0.3) is 11.0 Å². The fourth-order valence-corrected chi connectivity index (χ4v) is 3.78. The number of para-hydroxylation sites is 2. The number of alkyl halides is 2. The van der Waals surface area contributed by atoms with Gasteiger partial charge in [-0.05, 0) is 36.1 Å². The van der Waals surface area contributed by atoms with Crippen LogP contribution in [0.5, 0.6) is 0 Å². The van der Waals surface area contributed by atoms with Crippen LogP contribution >= 0.6 is 0 Å². The highest BCUT2D eigenvalue weighted by atomic mass is 19.3. The minimum absolute atomic E-state index is 0.0844. The lowest BCUT2D eigenvalue weighted by molar-refractivity contribution is 0.0698. The van der Waals surface area contributed by atoms with E-state index in [0.717, 1.165) is 23.0 Å². The number of aliphatic hydroxyl groups excluding tert-OH is 1. The highest BCUT2D eigenvalue weighted by Gasteiger charge is 2.38. The molecule has 25 heavy (non-hydrogen) atoms. The zero-order chi connectivity index (χ0) is 17.4. The van der Waals surface area contributed by atoms with E-state index >= 15 is 0 Å². The normalized spacial score (nSPS) is 19.7. The number of benzene rings is 2. The van der Waals surface area contributed by atoms with Crippen molar-refractivity contribution in [3.05, 3.63) is 65.5 Å². The third-order valence-corrected chi connectivity index (χ3v) is 5.07. The SMILES string of the molecule is OCC1(NCc2nc3ccccc3n2C(F)F)CCc2ccccc21. The molecule has 1 aliphatic rings. The smallest absolute Gasteiger partial charge is 0.320 e. The van der Waals surface area contributed by atoms with Gasteiger partial charge in [-0.15, -0.1) is 0 Å².